The van der Waals surface area contributed by atoms with Crippen LogP contribution in [0, 0.1) is 13.8 Å². The zero-order valence-electron chi connectivity index (χ0n) is 30.9. The average Bonchev–Trinajstić information content (AvgIpc) is 3.49. The molecule has 50 heavy (non-hydrogen) atoms. The Hall–Kier alpha value is -4.47. The van der Waals surface area contributed by atoms with Crippen LogP contribution in [0.25, 0.3) is 28.0 Å². The van der Waals surface area contributed by atoms with Crippen LogP contribution in [0.15, 0.2) is 73.8 Å². The number of hydrogen-bond donors (Lipinski definition) is 0. The van der Waals surface area contributed by atoms with Gasteiger partial charge in [0.15, 0.2) is 11.8 Å². The van der Waals surface area contributed by atoms with Gasteiger partial charge in [0.05, 0.1) is 42.3 Å². The number of ether oxygens (including phenoxy) is 4. The number of aromatic nitrogens is 3. The first-order chi connectivity index (χ1) is 23.8. The Balaban J connectivity index is 1.64. The molecular formula is C41H52N4O5. The van der Waals surface area contributed by atoms with Gasteiger partial charge in [0.1, 0.15) is 11.6 Å². The molecule has 0 N–H and O–H groups in total. The van der Waals surface area contributed by atoms with Crippen molar-refractivity contribution in [2.24, 2.45) is 0 Å². The van der Waals surface area contributed by atoms with Gasteiger partial charge in [-0.05, 0) is 84.6 Å². The summed E-state index contributed by atoms with van der Waals surface area (Å²) in [5.74, 6) is 1.11. The highest BCUT2D eigenvalue weighted by atomic mass is 16.6. The molecule has 1 fully saturated rings. The molecule has 0 radical (unpaired) electrons. The number of benzene rings is 2. The van der Waals surface area contributed by atoms with Crippen molar-refractivity contribution in [3.63, 3.8) is 0 Å². The highest BCUT2D eigenvalue weighted by Gasteiger charge is 2.38. The van der Waals surface area contributed by atoms with Crippen molar-refractivity contribution in [2.45, 2.75) is 91.1 Å². The first-order valence-corrected chi connectivity index (χ1v) is 17.4. The molecule has 0 aliphatic carbocycles. The summed E-state index contributed by atoms with van der Waals surface area (Å²) in [6.45, 7) is 23.5. The van der Waals surface area contributed by atoms with Gasteiger partial charge in [-0.1, -0.05) is 42.5 Å². The minimum Gasteiger partial charge on any atom is -0.490 e. The van der Waals surface area contributed by atoms with Gasteiger partial charge in [0, 0.05) is 42.4 Å². The minimum absolute atomic E-state index is 0.00566. The smallest absolute Gasteiger partial charge is 0.339 e. The number of aryl methyl sites for hydroxylation is 2. The molecule has 266 valence electrons. The van der Waals surface area contributed by atoms with E-state index in [4.69, 9.17) is 29.0 Å². The Morgan fingerprint density at radius 3 is 2.42 bits per heavy atom. The maximum Gasteiger partial charge on any atom is 0.339 e. The predicted molar refractivity (Wildman–Crippen MR) is 200 cm³/mol. The molecule has 2 aromatic heterocycles. The molecule has 0 bridgehead atoms. The lowest BCUT2D eigenvalue weighted by Crippen LogP contribution is -2.45. The summed E-state index contributed by atoms with van der Waals surface area (Å²) in [7, 11) is 1.38. The van der Waals surface area contributed by atoms with Crippen LogP contribution in [0.2, 0.25) is 0 Å². The molecule has 0 amide bonds. The second kappa shape index (κ2) is 15.2. The van der Waals surface area contributed by atoms with E-state index in [0.717, 1.165) is 58.8 Å². The molecule has 0 unspecified atom stereocenters. The van der Waals surface area contributed by atoms with E-state index in [1.54, 1.807) is 6.08 Å². The molecule has 2 atom stereocenters. The molecule has 5 rings (SSSR count). The molecule has 1 aliphatic rings. The minimum atomic E-state index is -1.00. The summed E-state index contributed by atoms with van der Waals surface area (Å²) in [6.07, 6.45) is 4.98. The predicted octanol–water partition coefficient (Wildman–Crippen LogP) is 8.61. The van der Waals surface area contributed by atoms with E-state index < -0.39 is 17.7 Å². The number of anilines is 1. The number of hydrogen-bond acceptors (Lipinski definition) is 8. The fraction of sp³-hybridized carbons (Fsp3) is 0.439. The Bertz CT molecular complexity index is 1850. The van der Waals surface area contributed by atoms with E-state index in [1.165, 1.54) is 7.11 Å². The van der Waals surface area contributed by atoms with Crippen LogP contribution in [0.5, 0.6) is 5.75 Å². The first-order valence-electron chi connectivity index (χ1n) is 17.4. The molecule has 3 heterocycles. The fourth-order valence-electron chi connectivity index (χ4n) is 6.46. The number of esters is 1. The lowest BCUT2D eigenvalue weighted by atomic mass is 9.92. The molecule has 1 aliphatic heterocycles. The number of methoxy groups -OCH3 is 1. The molecular weight excluding hydrogens is 628 g/mol. The topological polar surface area (TPSA) is 87.4 Å². The zero-order valence-corrected chi connectivity index (χ0v) is 30.9. The zero-order chi connectivity index (χ0) is 36.2. The third kappa shape index (κ3) is 8.28. The molecule has 9 nitrogen and oxygen atoms in total. The maximum absolute atomic E-state index is 13.4. The van der Waals surface area contributed by atoms with Crippen molar-refractivity contribution >= 4 is 17.4 Å². The summed E-state index contributed by atoms with van der Waals surface area (Å²) in [5.41, 5.74) is 5.93. The average molecular weight is 681 g/mol. The van der Waals surface area contributed by atoms with Crippen molar-refractivity contribution in [3.8, 4) is 28.1 Å². The van der Waals surface area contributed by atoms with Gasteiger partial charge in [0.2, 0.25) is 0 Å². The van der Waals surface area contributed by atoms with Crippen LogP contribution in [0.1, 0.15) is 76.8 Å². The van der Waals surface area contributed by atoms with Crippen LogP contribution in [-0.2, 0) is 19.0 Å². The Kier molecular flexibility index (Phi) is 11.2. The molecule has 0 saturated carbocycles. The van der Waals surface area contributed by atoms with Crippen LogP contribution in [0.4, 0.5) is 5.82 Å². The Morgan fingerprint density at radius 2 is 1.76 bits per heavy atom. The summed E-state index contributed by atoms with van der Waals surface area (Å²) in [4.78, 5) is 20.7. The Morgan fingerprint density at radius 1 is 1.04 bits per heavy atom. The van der Waals surface area contributed by atoms with E-state index in [0.29, 0.717) is 36.6 Å². The van der Waals surface area contributed by atoms with E-state index in [2.05, 4.69) is 75.2 Å². The standard InChI is InChI=1S/C41H52N4O5/c1-11-14-28(4)49-34-24-27(3)17-18-32(34)30-15-13-16-31(25-30)33-26-35-42-29(5)36(37(39(46)47-10)50-40(6,7)8)38(45(35)43-33)44-21-19-41(9,20-22-44)48-23-12-2/h11-13,15-18,24-26,28,37H,1-2,14,19-23H2,3-10H3/t28-,37-/m0/s1. The van der Waals surface area contributed by atoms with Crippen molar-refractivity contribution in [2.75, 3.05) is 31.7 Å². The Labute approximate surface area is 296 Å². The monoisotopic (exact) mass is 680 g/mol. The van der Waals surface area contributed by atoms with E-state index in [9.17, 15) is 4.79 Å². The van der Waals surface area contributed by atoms with Crippen molar-refractivity contribution in [1.29, 1.82) is 0 Å². The van der Waals surface area contributed by atoms with Gasteiger partial charge in [-0.2, -0.15) is 9.61 Å². The summed E-state index contributed by atoms with van der Waals surface area (Å²) >= 11 is 0. The van der Waals surface area contributed by atoms with E-state index in [-0.39, 0.29) is 11.7 Å². The number of carbonyl (C=O) groups excluding carboxylic acids is 1. The van der Waals surface area contributed by atoms with Gasteiger partial charge in [-0.3, -0.25) is 0 Å². The van der Waals surface area contributed by atoms with Gasteiger partial charge in [0.25, 0.3) is 0 Å². The van der Waals surface area contributed by atoms with Gasteiger partial charge >= 0.3 is 5.97 Å². The summed E-state index contributed by atoms with van der Waals surface area (Å²) in [6, 6.07) is 16.6. The van der Waals surface area contributed by atoms with Crippen LogP contribution < -0.4 is 9.64 Å². The largest absolute Gasteiger partial charge is 0.490 e. The van der Waals surface area contributed by atoms with E-state index >= 15 is 0 Å². The second-order valence-electron chi connectivity index (χ2n) is 14.4. The number of carbonyl (C=O) groups is 1. The number of piperidine rings is 1. The quantitative estimate of drug-likeness (QED) is 0.103. The molecule has 4 aromatic rings. The lowest BCUT2D eigenvalue weighted by molar-refractivity contribution is -0.164. The van der Waals surface area contributed by atoms with Crippen molar-refractivity contribution in [3.05, 3.63) is 90.7 Å². The normalized spacial score (nSPS) is 15.8. The number of fused-ring (bicyclic) bond motifs is 1. The summed E-state index contributed by atoms with van der Waals surface area (Å²) in [5, 5.41) is 5.17. The number of rotatable bonds is 13. The van der Waals surface area contributed by atoms with Crippen LogP contribution in [0.3, 0.4) is 0 Å². The third-order valence-corrected chi connectivity index (χ3v) is 9.06. The third-order valence-electron chi connectivity index (χ3n) is 9.06. The molecule has 1 saturated heterocycles. The SMILES string of the molecule is C=CCOC1(C)CCN(c2c([C@H](OC(C)(C)C)C(=O)OC)c(C)nc3cc(-c4cccc(-c5ccc(C)cc5O[C@@H](C)CC=C)c4)nn23)CC1. The van der Waals surface area contributed by atoms with Crippen molar-refractivity contribution < 1.29 is 23.7 Å². The highest BCUT2D eigenvalue weighted by molar-refractivity contribution is 5.81. The summed E-state index contributed by atoms with van der Waals surface area (Å²) < 4.78 is 26.1. The molecule has 0 spiro atoms. The van der Waals surface area contributed by atoms with Gasteiger partial charge < -0.3 is 23.8 Å². The molecule has 9 heteroatoms. The maximum atomic E-state index is 13.4. The highest BCUT2D eigenvalue weighted by Crippen LogP contribution is 2.39. The van der Waals surface area contributed by atoms with E-state index in [1.807, 2.05) is 50.4 Å². The van der Waals surface area contributed by atoms with Crippen LogP contribution >= 0.6 is 0 Å². The second-order valence-corrected chi connectivity index (χ2v) is 14.4. The number of nitrogens with zero attached hydrogens (tertiary/aromatic N) is 4. The van der Waals surface area contributed by atoms with Gasteiger partial charge in [-0.25, -0.2) is 9.78 Å². The lowest BCUT2D eigenvalue weighted by Gasteiger charge is -2.41. The van der Waals surface area contributed by atoms with Crippen molar-refractivity contribution in [1.82, 2.24) is 14.6 Å². The van der Waals surface area contributed by atoms with Gasteiger partial charge in [-0.15, -0.1) is 13.2 Å². The first kappa shape index (κ1) is 36.8. The fourth-order valence-corrected chi connectivity index (χ4v) is 6.46. The molecule has 2 aromatic carbocycles. The van der Waals surface area contributed by atoms with Crippen LogP contribution in [-0.4, -0.2) is 64.7 Å².